The first-order valence-electron chi connectivity index (χ1n) is 8.04. The van der Waals surface area contributed by atoms with Gasteiger partial charge in [-0.15, -0.1) is 16.4 Å². The molecule has 0 aliphatic rings. The highest BCUT2D eigenvalue weighted by Crippen LogP contribution is 2.31. The Balaban J connectivity index is 1.67. The number of ether oxygens (including phenoxy) is 1. The third-order valence-electron chi connectivity index (χ3n) is 4.08. The van der Waals surface area contributed by atoms with E-state index in [-0.39, 0.29) is 0 Å². The Bertz CT molecular complexity index is 1030. The summed E-state index contributed by atoms with van der Waals surface area (Å²) in [6, 6.07) is 15.7. The van der Waals surface area contributed by atoms with Gasteiger partial charge >= 0.3 is 0 Å². The quantitative estimate of drug-likeness (QED) is 0.594. The number of hydrogen-bond donors (Lipinski definition) is 1. The van der Waals surface area contributed by atoms with E-state index < -0.39 is 0 Å². The normalized spacial score (nSPS) is 10.8. The zero-order chi connectivity index (χ0) is 18.1. The molecule has 7 heteroatoms. The van der Waals surface area contributed by atoms with Crippen LogP contribution in [0.1, 0.15) is 5.56 Å². The zero-order valence-corrected chi connectivity index (χ0v) is 15.2. The molecule has 0 radical (unpaired) electrons. The number of aromatic nitrogens is 4. The summed E-state index contributed by atoms with van der Waals surface area (Å²) >= 11 is 1.50. The fourth-order valence-corrected chi connectivity index (χ4v) is 3.42. The molecule has 2 heterocycles. The van der Waals surface area contributed by atoms with E-state index in [1.54, 1.807) is 11.8 Å². The molecule has 4 aromatic rings. The minimum atomic E-state index is 0.458. The molecule has 0 amide bonds. The SMILES string of the molecule is COc1ccc(-n2nnc(-c3nc(-c4ccc(C)cc4)cs3)c2N)cc1. The van der Waals surface area contributed by atoms with E-state index in [4.69, 9.17) is 10.5 Å². The summed E-state index contributed by atoms with van der Waals surface area (Å²) in [6.45, 7) is 2.06. The summed E-state index contributed by atoms with van der Waals surface area (Å²) in [5, 5.41) is 11.2. The van der Waals surface area contributed by atoms with Crippen molar-refractivity contribution in [3.05, 3.63) is 59.5 Å². The fraction of sp³-hybridized carbons (Fsp3) is 0.105. The highest BCUT2D eigenvalue weighted by Gasteiger charge is 2.17. The number of hydrogen-bond acceptors (Lipinski definition) is 6. The lowest BCUT2D eigenvalue weighted by molar-refractivity contribution is 0.414. The van der Waals surface area contributed by atoms with Crippen LogP contribution in [0.4, 0.5) is 5.82 Å². The molecule has 2 aromatic heterocycles. The minimum absolute atomic E-state index is 0.458. The van der Waals surface area contributed by atoms with Gasteiger partial charge in [-0.2, -0.15) is 4.68 Å². The number of methoxy groups -OCH3 is 1. The molecule has 0 fully saturated rings. The molecular weight excluding hydrogens is 346 g/mol. The van der Waals surface area contributed by atoms with Crippen LogP contribution in [-0.2, 0) is 0 Å². The molecule has 2 N–H and O–H groups in total. The second kappa shape index (κ2) is 6.61. The van der Waals surface area contributed by atoms with Gasteiger partial charge in [0.1, 0.15) is 10.8 Å². The summed E-state index contributed by atoms with van der Waals surface area (Å²) < 4.78 is 6.78. The van der Waals surface area contributed by atoms with Crippen LogP contribution in [0.15, 0.2) is 53.9 Å². The van der Waals surface area contributed by atoms with Gasteiger partial charge in [-0.25, -0.2) is 4.98 Å². The maximum Gasteiger partial charge on any atom is 0.165 e. The number of nitrogens with two attached hydrogens (primary N) is 1. The Morgan fingerprint density at radius 2 is 1.77 bits per heavy atom. The predicted octanol–water partition coefficient (Wildman–Crippen LogP) is 3.96. The average Bonchev–Trinajstić information content (AvgIpc) is 3.29. The number of nitrogen functional groups attached to an aromatic ring is 1. The van der Waals surface area contributed by atoms with E-state index in [1.165, 1.54) is 16.9 Å². The number of thiazole rings is 1. The first-order valence-corrected chi connectivity index (χ1v) is 8.92. The van der Waals surface area contributed by atoms with E-state index in [2.05, 4.69) is 46.5 Å². The van der Waals surface area contributed by atoms with Crippen molar-refractivity contribution in [3.8, 4) is 33.4 Å². The van der Waals surface area contributed by atoms with Gasteiger partial charge in [0.15, 0.2) is 11.5 Å². The second-order valence-electron chi connectivity index (χ2n) is 5.84. The van der Waals surface area contributed by atoms with E-state index in [9.17, 15) is 0 Å². The van der Waals surface area contributed by atoms with Crippen molar-refractivity contribution in [1.29, 1.82) is 0 Å². The second-order valence-corrected chi connectivity index (χ2v) is 6.70. The smallest absolute Gasteiger partial charge is 0.165 e. The molecule has 0 unspecified atom stereocenters. The van der Waals surface area contributed by atoms with Crippen LogP contribution in [0.5, 0.6) is 5.75 Å². The molecule has 0 atom stereocenters. The van der Waals surface area contributed by atoms with Gasteiger partial charge in [0.2, 0.25) is 0 Å². The molecule has 0 aliphatic carbocycles. The van der Waals surface area contributed by atoms with Crippen molar-refractivity contribution in [2.24, 2.45) is 0 Å². The number of rotatable bonds is 4. The topological polar surface area (TPSA) is 78.8 Å². The van der Waals surface area contributed by atoms with Crippen LogP contribution >= 0.6 is 11.3 Å². The molecule has 130 valence electrons. The molecule has 0 saturated carbocycles. The van der Waals surface area contributed by atoms with Crippen molar-refractivity contribution in [2.45, 2.75) is 6.92 Å². The third-order valence-corrected chi connectivity index (χ3v) is 4.93. The van der Waals surface area contributed by atoms with Crippen molar-refractivity contribution in [2.75, 3.05) is 12.8 Å². The van der Waals surface area contributed by atoms with Gasteiger partial charge in [-0.1, -0.05) is 35.0 Å². The van der Waals surface area contributed by atoms with Crippen LogP contribution in [0.2, 0.25) is 0 Å². The lowest BCUT2D eigenvalue weighted by Crippen LogP contribution is -2.02. The first-order chi connectivity index (χ1) is 12.7. The number of benzene rings is 2. The summed E-state index contributed by atoms with van der Waals surface area (Å²) in [4.78, 5) is 4.68. The molecular formula is C19H17N5OS. The summed E-state index contributed by atoms with van der Waals surface area (Å²) in [5.41, 5.74) is 10.9. The fourth-order valence-electron chi connectivity index (χ4n) is 2.60. The minimum Gasteiger partial charge on any atom is -0.497 e. The Labute approximate surface area is 154 Å². The average molecular weight is 363 g/mol. The van der Waals surface area contributed by atoms with Crippen LogP contribution in [0.3, 0.4) is 0 Å². The Morgan fingerprint density at radius 1 is 1.04 bits per heavy atom. The molecule has 2 aromatic carbocycles. The largest absolute Gasteiger partial charge is 0.497 e. The van der Waals surface area contributed by atoms with Crippen LogP contribution in [-0.4, -0.2) is 27.1 Å². The number of aryl methyl sites for hydroxylation is 1. The van der Waals surface area contributed by atoms with Crippen LogP contribution in [0, 0.1) is 6.92 Å². The van der Waals surface area contributed by atoms with Crippen molar-refractivity contribution in [1.82, 2.24) is 20.0 Å². The maximum absolute atomic E-state index is 6.28. The predicted molar refractivity (Wildman–Crippen MR) is 104 cm³/mol. The molecule has 0 bridgehead atoms. The third kappa shape index (κ3) is 2.93. The molecule has 26 heavy (non-hydrogen) atoms. The lowest BCUT2D eigenvalue weighted by atomic mass is 10.1. The van der Waals surface area contributed by atoms with Gasteiger partial charge in [-0.3, -0.25) is 0 Å². The van der Waals surface area contributed by atoms with Gasteiger partial charge < -0.3 is 10.5 Å². The van der Waals surface area contributed by atoms with Crippen molar-refractivity contribution in [3.63, 3.8) is 0 Å². The standard InChI is InChI=1S/C19H17N5OS/c1-12-3-5-13(6-4-12)16-11-26-19(21-16)17-18(20)24(23-22-17)14-7-9-15(25-2)10-8-14/h3-11H,20H2,1-2H3. The summed E-state index contributed by atoms with van der Waals surface area (Å²) in [5.74, 6) is 1.23. The summed E-state index contributed by atoms with van der Waals surface area (Å²) in [6.07, 6.45) is 0. The molecule has 0 saturated heterocycles. The van der Waals surface area contributed by atoms with E-state index in [0.717, 1.165) is 27.7 Å². The van der Waals surface area contributed by atoms with Crippen molar-refractivity contribution >= 4 is 17.2 Å². The van der Waals surface area contributed by atoms with Gasteiger partial charge in [-0.05, 0) is 31.2 Å². The van der Waals surface area contributed by atoms with Crippen molar-refractivity contribution < 1.29 is 4.74 Å². The van der Waals surface area contributed by atoms with E-state index in [1.807, 2.05) is 29.6 Å². The first kappa shape index (κ1) is 16.3. The monoisotopic (exact) mass is 363 g/mol. The zero-order valence-electron chi connectivity index (χ0n) is 14.4. The molecule has 0 aliphatic heterocycles. The van der Waals surface area contributed by atoms with Gasteiger partial charge in [0, 0.05) is 10.9 Å². The summed E-state index contributed by atoms with van der Waals surface area (Å²) in [7, 11) is 1.63. The molecule has 4 rings (SSSR count). The molecule has 6 nitrogen and oxygen atoms in total. The van der Waals surface area contributed by atoms with Crippen LogP contribution in [0.25, 0.3) is 27.6 Å². The van der Waals surface area contributed by atoms with Gasteiger partial charge in [0.05, 0.1) is 18.5 Å². The Hall–Kier alpha value is -3.19. The van der Waals surface area contributed by atoms with Gasteiger partial charge in [0.25, 0.3) is 0 Å². The molecule has 0 spiro atoms. The number of nitrogens with zero attached hydrogens (tertiary/aromatic N) is 4. The van der Waals surface area contributed by atoms with Crippen LogP contribution < -0.4 is 10.5 Å². The highest BCUT2D eigenvalue weighted by molar-refractivity contribution is 7.13. The Morgan fingerprint density at radius 3 is 2.46 bits per heavy atom. The maximum atomic E-state index is 6.28. The number of anilines is 1. The lowest BCUT2D eigenvalue weighted by Gasteiger charge is -2.04. The van der Waals surface area contributed by atoms with E-state index >= 15 is 0 Å². The van der Waals surface area contributed by atoms with E-state index in [0.29, 0.717) is 11.5 Å². The highest BCUT2D eigenvalue weighted by atomic mass is 32.1. The Kier molecular flexibility index (Phi) is 4.14.